The van der Waals surface area contributed by atoms with Gasteiger partial charge in [-0.3, -0.25) is 0 Å². The zero-order valence-corrected chi connectivity index (χ0v) is 33.9. The molecule has 0 aliphatic carbocycles. The minimum atomic E-state index is 1.12. The standard InChI is InChI=1S/C59H42N2/c1-41-18-17-29-47(38-41)59-51-33-31-48(60-54(42-19-7-2-8-20-42)34-35-55(60)43-21-9-3-10-22-43)39-52(51)58(46-27-15-6-16-28-46)50-32-30-49(40-53(50)59)61-56(44-23-11-4-12-24-44)36-37-57(61)45-25-13-5-14-26-45/h2-40H,1H3. The quantitative estimate of drug-likeness (QED) is 0.136. The predicted molar refractivity (Wildman–Crippen MR) is 257 cm³/mol. The lowest BCUT2D eigenvalue weighted by atomic mass is 9.85. The van der Waals surface area contributed by atoms with E-state index in [1.807, 2.05) is 0 Å². The molecule has 11 rings (SSSR count). The molecule has 0 fully saturated rings. The van der Waals surface area contributed by atoms with Gasteiger partial charge in [-0.15, -0.1) is 0 Å². The SMILES string of the molecule is Cc1cccc(-c2c3ccc(-n4c(-c5ccccc5)ccc4-c4ccccc4)cc3c(-c3ccccc3)c3ccc(-n4c(-c5ccccc5)ccc4-c4ccccc4)cc23)c1. The second-order valence-corrected chi connectivity index (χ2v) is 15.8. The summed E-state index contributed by atoms with van der Waals surface area (Å²) >= 11 is 0. The van der Waals surface area contributed by atoms with E-state index in [4.69, 9.17) is 0 Å². The Kier molecular flexibility index (Phi) is 9.09. The summed E-state index contributed by atoms with van der Waals surface area (Å²) in [4.78, 5) is 0. The van der Waals surface area contributed by atoms with Crippen LogP contribution in [0.4, 0.5) is 0 Å². The highest BCUT2D eigenvalue weighted by molar-refractivity contribution is 6.22. The van der Waals surface area contributed by atoms with Crippen LogP contribution in [0.15, 0.2) is 237 Å². The van der Waals surface area contributed by atoms with Crippen molar-refractivity contribution < 1.29 is 0 Å². The van der Waals surface area contributed by atoms with Crippen LogP contribution in [-0.4, -0.2) is 9.13 Å². The van der Waals surface area contributed by atoms with Gasteiger partial charge in [0.15, 0.2) is 0 Å². The molecule has 0 N–H and O–H groups in total. The van der Waals surface area contributed by atoms with E-state index in [0.717, 1.165) is 34.2 Å². The number of hydrogen-bond acceptors (Lipinski definition) is 0. The summed E-state index contributed by atoms with van der Waals surface area (Å²) in [5.41, 5.74) is 17.6. The molecular formula is C59H42N2. The van der Waals surface area contributed by atoms with Gasteiger partial charge in [0.05, 0.1) is 22.8 Å². The lowest BCUT2D eigenvalue weighted by Gasteiger charge is -2.22. The van der Waals surface area contributed by atoms with Crippen molar-refractivity contribution in [3.8, 4) is 78.7 Å². The van der Waals surface area contributed by atoms with Crippen LogP contribution >= 0.6 is 0 Å². The van der Waals surface area contributed by atoms with Crippen LogP contribution in [0.1, 0.15) is 5.56 Å². The van der Waals surface area contributed by atoms with Crippen LogP contribution in [0, 0.1) is 6.92 Å². The predicted octanol–water partition coefficient (Wildman–Crippen LogP) is 15.9. The first-order chi connectivity index (χ1) is 30.2. The molecule has 0 unspecified atom stereocenters. The minimum Gasteiger partial charge on any atom is -0.309 e. The molecule has 11 aromatic rings. The Bertz CT molecular complexity index is 3210. The Balaban J connectivity index is 1.24. The number of aromatic nitrogens is 2. The number of fused-ring (bicyclic) bond motifs is 2. The van der Waals surface area contributed by atoms with Gasteiger partial charge in [-0.25, -0.2) is 0 Å². The van der Waals surface area contributed by atoms with E-state index in [1.165, 1.54) is 71.6 Å². The Hall–Kier alpha value is -7.94. The van der Waals surface area contributed by atoms with Crippen molar-refractivity contribution in [2.45, 2.75) is 6.92 Å². The molecule has 288 valence electrons. The third-order valence-corrected chi connectivity index (χ3v) is 12.0. The molecule has 0 spiro atoms. The van der Waals surface area contributed by atoms with Gasteiger partial charge < -0.3 is 9.13 Å². The normalized spacial score (nSPS) is 11.4. The molecule has 0 saturated carbocycles. The first-order valence-corrected chi connectivity index (χ1v) is 21.0. The molecule has 2 heterocycles. The van der Waals surface area contributed by atoms with E-state index in [1.54, 1.807) is 0 Å². The average Bonchev–Trinajstić information content (AvgIpc) is 3.98. The summed E-state index contributed by atoms with van der Waals surface area (Å²) in [7, 11) is 0. The molecule has 61 heavy (non-hydrogen) atoms. The van der Waals surface area contributed by atoms with E-state index in [9.17, 15) is 0 Å². The van der Waals surface area contributed by atoms with Crippen molar-refractivity contribution >= 4 is 21.5 Å². The number of hydrogen-bond donors (Lipinski definition) is 0. The molecule has 0 radical (unpaired) electrons. The fourth-order valence-corrected chi connectivity index (χ4v) is 9.28. The molecule has 9 aromatic carbocycles. The molecule has 0 aliphatic rings. The average molecular weight is 779 g/mol. The smallest absolute Gasteiger partial charge is 0.0535 e. The molecule has 0 aliphatic heterocycles. The van der Waals surface area contributed by atoms with E-state index in [-0.39, 0.29) is 0 Å². The van der Waals surface area contributed by atoms with Crippen molar-refractivity contribution in [1.29, 1.82) is 0 Å². The van der Waals surface area contributed by atoms with Gasteiger partial charge in [0.2, 0.25) is 0 Å². The number of benzene rings is 9. The van der Waals surface area contributed by atoms with Gasteiger partial charge in [-0.1, -0.05) is 194 Å². The Morgan fingerprint density at radius 2 is 0.574 bits per heavy atom. The fraction of sp³-hybridized carbons (Fsp3) is 0.0169. The lowest BCUT2D eigenvalue weighted by molar-refractivity contribution is 1.10. The van der Waals surface area contributed by atoms with Crippen LogP contribution in [0.5, 0.6) is 0 Å². The van der Waals surface area contributed by atoms with Crippen molar-refractivity contribution in [1.82, 2.24) is 9.13 Å². The summed E-state index contributed by atoms with van der Waals surface area (Å²) in [6.07, 6.45) is 0. The van der Waals surface area contributed by atoms with Crippen LogP contribution in [0.25, 0.3) is 100 Å². The zero-order valence-electron chi connectivity index (χ0n) is 33.9. The second-order valence-electron chi connectivity index (χ2n) is 15.8. The number of rotatable bonds is 8. The number of aryl methyl sites for hydroxylation is 1. The van der Waals surface area contributed by atoms with Crippen LogP contribution in [0.2, 0.25) is 0 Å². The summed E-state index contributed by atoms with van der Waals surface area (Å²) in [5, 5.41) is 4.85. The Labute approximate surface area is 356 Å². The van der Waals surface area contributed by atoms with Crippen molar-refractivity contribution in [2.24, 2.45) is 0 Å². The highest BCUT2D eigenvalue weighted by Crippen LogP contribution is 2.46. The molecule has 2 heteroatoms. The molecule has 0 amide bonds. The van der Waals surface area contributed by atoms with E-state index in [0.29, 0.717) is 0 Å². The third kappa shape index (κ3) is 6.46. The molecule has 0 saturated heterocycles. The van der Waals surface area contributed by atoms with E-state index in [2.05, 4.69) is 253 Å². The zero-order chi connectivity index (χ0) is 40.7. The highest BCUT2D eigenvalue weighted by atomic mass is 15.0. The maximum atomic E-state index is 2.43. The van der Waals surface area contributed by atoms with Crippen molar-refractivity contribution in [3.63, 3.8) is 0 Å². The van der Waals surface area contributed by atoms with Crippen molar-refractivity contribution in [2.75, 3.05) is 0 Å². The summed E-state index contributed by atoms with van der Waals surface area (Å²) in [6, 6.07) is 86.1. The Morgan fingerprint density at radius 3 is 0.934 bits per heavy atom. The van der Waals surface area contributed by atoms with Gasteiger partial charge in [-0.05, 0) is 122 Å². The van der Waals surface area contributed by atoms with Crippen LogP contribution in [-0.2, 0) is 0 Å². The molecule has 2 nitrogen and oxygen atoms in total. The topological polar surface area (TPSA) is 9.86 Å². The van der Waals surface area contributed by atoms with Crippen LogP contribution < -0.4 is 0 Å². The minimum absolute atomic E-state index is 1.12. The van der Waals surface area contributed by atoms with E-state index >= 15 is 0 Å². The van der Waals surface area contributed by atoms with E-state index < -0.39 is 0 Å². The third-order valence-electron chi connectivity index (χ3n) is 12.0. The first-order valence-electron chi connectivity index (χ1n) is 21.0. The highest BCUT2D eigenvalue weighted by Gasteiger charge is 2.22. The monoisotopic (exact) mass is 778 g/mol. The summed E-state index contributed by atoms with van der Waals surface area (Å²) in [5.74, 6) is 0. The fourth-order valence-electron chi connectivity index (χ4n) is 9.28. The Morgan fingerprint density at radius 1 is 0.246 bits per heavy atom. The second kappa shape index (κ2) is 15.3. The molecule has 2 aromatic heterocycles. The maximum Gasteiger partial charge on any atom is 0.0535 e. The van der Waals surface area contributed by atoms with Crippen molar-refractivity contribution in [3.05, 3.63) is 242 Å². The van der Waals surface area contributed by atoms with Gasteiger partial charge >= 0.3 is 0 Å². The largest absolute Gasteiger partial charge is 0.309 e. The van der Waals surface area contributed by atoms with Crippen LogP contribution in [0.3, 0.4) is 0 Å². The van der Waals surface area contributed by atoms with Gasteiger partial charge in [0, 0.05) is 11.4 Å². The summed E-state index contributed by atoms with van der Waals surface area (Å²) < 4.78 is 4.86. The van der Waals surface area contributed by atoms with Gasteiger partial charge in [0.25, 0.3) is 0 Å². The first kappa shape index (κ1) is 36.2. The van der Waals surface area contributed by atoms with Gasteiger partial charge in [0.1, 0.15) is 0 Å². The molecule has 0 atom stereocenters. The maximum absolute atomic E-state index is 2.43. The molecular weight excluding hydrogens is 737 g/mol. The van der Waals surface area contributed by atoms with Gasteiger partial charge in [-0.2, -0.15) is 0 Å². The number of nitrogens with zero attached hydrogens (tertiary/aromatic N) is 2. The summed E-state index contributed by atoms with van der Waals surface area (Å²) in [6.45, 7) is 2.19. The molecule has 0 bridgehead atoms. The lowest BCUT2D eigenvalue weighted by Crippen LogP contribution is -2.02.